The van der Waals surface area contributed by atoms with E-state index in [1.807, 2.05) is 6.33 Å². The van der Waals surface area contributed by atoms with Gasteiger partial charge >= 0.3 is 0 Å². The molecule has 1 aliphatic carbocycles. The van der Waals surface area contributed by atoms with Gasteiger partial charge in [-0.2, -0.15) is 0 Å². The highest BCUT2D eigenvalue weighted by molar-refractivity contribution is 5.39. The minimum absolute atomic E-state index is 0.421. The number of aryl methyl sites for hydroxylation is 2. The summed E-state index contributed by atoms with van der Waals surface area (Å²) in [6.07, 6.45) is 4.02. The van der Waals surface area contributed by atoms with Gasteiger partial charge in [0.1, 0.15) is 0 Å². The fourth-order valence-electron chi connectivity index (χ4n) is 2.50. The van der Waals surface area contributed by atoms with Gasteiger partial charge in [0.15, 0.2) is 0 Å². The second kappa shape index (κ2) is 3.23. The Bertz CT molecular complexity index is 485. The van der Waals surface area contributed by atoms with E-state index in [1.165, 1.54) is 22.5 Å². The Hall–Kier alpha value is -1.57. The molecule has 1 atom stereocenters. The van der Waals surface area contributed by atoms with E-state index in [0.717, 1.165) is 12.8 Å². The number of nitrogens with zero attached hydrogens (tertiary/aromatic N) is 1. The van der Waals surface area contributed by atoms with E-state index in [9.17, 15) is 0 Å². The average Bonchev–Trinajstić information content (AvgIpc) is 2.69. The van der Waals surface area contributed by atoms with E-state index in [1.54, 1.807) is 0 Å². The summed E-state index contributed by atoms with van der Waals surface area (Å²) in [7, 11) is 0. The largest absolute Gasteiger partial charge is 0.348 e. The first-order valence-corrected chi connectivity index (χ1v) is 5.46. The van der Waals surface area contributed by atoms with E-state index < -0.39 is 0 Å². The zero-order valence-corrected chi connectivity index (χ0v) is 8.83. The van der Waals surface area contributed by atoms with Crippen molar-refractivity contribution in [2.24, 2.45) is 0 Å². The first-order chi connectivity index (χ1) is 7.36. The summed E-state index contributed by atoms with van der Waals surface area (Å²) in [6, 6.07) is 8.70. The molecule has 0 aliphatic heterocycles. The average molecular weight is 198 g/mol. The SMILES string of the molecule is CC1c2ccccc2CCc2[nH]cnc21. The Balaban J connectivity index is 2.18. The maximum absolute atomic E-state index is 4.44. The van der Waals surface area contributed by atoms with Gasteiger partial charge in [0.05, 0.1) is 12.0 Å². The third-order valence-corrected chi connectivity index (χ3v) is 3.33. The number of rotatable bonds is 0. The van der Waals surface area contributed by atoms with Crippen LogP contribution in [0, 0.1) is 0 Å². The van der Waals surface area contributed by atoms with Crippen molar-refractivity contribution in [2.75, 3.05) is 0 Å². The lowest BCUT2D eigenvalue weighted by Gasteiger charge is -2.11. The zero-order chi connectivity index (χ0) is 10.3. The number of aromatic nitrogens is 2. The minimum Gasteiger partial charge on any atom is -0.348 e. The van der Waals surface area contributed by atoms with Gasteiger partial charge in [-0.1, -0.05) is 31.2 Å². The van der Waals surface area contributed by atoms with Crippen LogP contribution in [0.2, 0.25) is 0 Å². The normalized spacial score (nSPS) is 19.1. The Morgan fingerprint density at radius 3 is 3.07 bits per heavy atom. The number of nitrogens with one attached hydrogen (secondary N) is 1. The molecule has 76 valence electrons. The van der Waals surface area contributed by atoms with Crippen LogP contribution in [0.3, 0.4) is 0 Å². The molecule has 0 radical (unpaired) electrons. The third kappa shape index (κ3) is 1.29. The smallest absolute Gasteiger partial charge is 0.0925 e. The van der Waals surface area contributed by atoms with Crippen LogP contribution < -0.4 is 0 Å². The van der Waals surface area contributed by atoms with Crippen LogP contribution >= 0.6 is 0 Å². The number of fused-ring (bicyclic) bond motifs is 2. The standard InChI is InChI=1S/C13H14N2/c1-9-11-5-3-2-4-10(11)6-7-12-13(9)15-8-14-12/h2-5,8-9H,6-7H2,1H3,(H,14,15). The second-order valence-electron chi connectivity index (χ2n) is 4.19. The molecule has 3 rings (SSSR count). The highest BCUT2D eigenvalue weighted by Crippen LogP contribution is 2.31. The maximum Gasteiger partial charge on any atom is 0.0925 e. The fraction of sp³-hybridized carbons (Fsp3) is 0.308. The zero-order valence-electron chi connectivity index (χ0n) is 8.83. The van der Waals surface area contributed by atoms with Crippen LogP contribution in [0.4, 0.5) is 0 Å². The van der Waals surface area contributed by atoms with E-state index in [4.69, 9.17) is 0 Å². The highest BCUT2D eigenvalue weighted by Gasteiger charge is 2.21. The van der Waals surface area contributed by atoms with Crippen LogP contribution in [0.5, 0.6) is 0 Å². The highest BCUT2D eigenvalue weighted by atomic mass is 14.9. The molecule has 2 aromatic rings. The number of hydrogen-bond donors (Lipinski definition) is 1. The summed E-state index contributed by atoms with van der Waals surface area (Å²) in [5.74, 6) is 0.421. The molecule has 0 spiro atoms. The molecule has 1 aromatic heterocycles. The lowest BCUT2D eigenvalue weighted by atomic mass is 9.94. The van der Waals surface area contributed by atoms with Crippen LogP contribution in [-0.4, -0.2) is 9.97 Å². The molecular formula is C13H14N2. The monoisotopic (exact) mass is 198 g/mol. The molecule has 0 fully saturated rings. The molecule has 0 amide bonds. The predicted octanol–water partition coefficient (Wildman–Crippen LogP) is 2.66. The Labute approximate surface area is 89.4 Å². The van der Waals surface area contributed by atoms with Crippen molar-refractivity contribution in [3.63, 3.8) is 0 Å². The van der Waals surface area contributed by atoms with Crippen LogP contribution in [0.1, 0.15) is 35.4 Å². The van der Waals surface area contributed by atoms with Crippen molar-refractivity contribution in [1.29, 1.82) is 0 Å². The van der Waals surface area contributed by atoms with Crippen LogP contribution in [0.15, 0.2) is 30.6 Å². The lowest BCUT2D eigenvalue weighted by molar-refractivity contribution is 0.874. The number of H-pyrrole nitrogens is 1. The number of benzene rings is 1. The minimum atomic E-state index is 0.421. The van der Waals surface area contributed by atoms with Crippen molar-refractivity contribution >= 4 is 0 Å². The summed E-state index contributed by atoms with van der Waals surface area (Å²) in [5, 5.41) is 0. The van der Waals surface area contributed by atoms with Gasteiger partial charge < -0.3 is 4.98 Å². The van der Waals surface area contributed by atoms with Crippen molar-refractivity contribution in [2.45, 2.75) is 25.7 Å². The summed E-state index contributed by atoms with van der Waals surface area (Å²) >= 11 is 0. The van der Waals surface area contributed by atoms with Crippen LogP contribution in [0.25, 0.3) is 0 Å². The summed E-state index contributed by atoms with van der Waals surface area (Å²) < 4.78 is 0. The van der Waals surface area contributed by atoms with E-state index in [-0.39, 0.29) is 0 Å². The first kappa shape index (κ1) is 8.72. The summed E-state index contributed by atoms with van der Waals surface area (Å²) in [5.41, 5.74) is 5.43. The summed E-state index contributed by atoms with van der Waals surface area (Å²) in [6.45, 7) is 2.24. The van der Waals surface area contributed by atoms with E-state index in [2.05, 4.69) is 41.2 Å². The molecule has 1 N–H and O–H groups in total. The molecule has 0 saturated heterocycles. The second-order valence-corrected chi connectivity index (χ2v) is 4.19. The molecule has 1 aliphatic rings. The molecule has 1 unspecified atom stereocenters. The lowest BCUT2D eigenvalue weighted by Crippen LogP contribution is -1.98. The Morgan fingerprint density at radius 1 is 1.27 bits per heavy atom. The topological polar surface area (TPSA) is 28.7 Å². The van der Waals surface area contributed by atoms with Gasteiger partial charge in [-0.05, 0) is 24.0 Å². The summed E-state index contributed by atoms with van der Waals surface area (Å²) in [4.78, 5) is 7.69. The molecule has 1 heterocycles. The van der Waals surface area contributed by atoms with Crippen molar-refractivity contribution in [3.8, 4) is 0 Å². The van der Waals surface area contributed by atoms with Gasteiger partial charge in [0.2, 0.25) is 0 Å². The number of aromatic amines is 1. The molecule has 2 nitrogen and oxygen atoms in total. The van der Waals surface area contributed by atoms with Crippen molar-refractivity contribution in [3.05, 3.63) is 53.1 Å². The predicted molar refractivity (Wildman–Crippen MR) is 60.0 cm³/mol. The van der Waals surface area contributed by atoms with Gasteiger partial charge in [-0.3, -0.25) is 0 Å². The molecular weight excluding hydrogens is 184 g/mol. The molecule has 1 aromatic carbocycles. The Morgan fingerprint density at radius 2 is 2.13 bits per heavy atom. The van der Waals surface area contributed by atoms with Gasteiger partial charge in [-0.15, -0.1) is 0 Å². The Kier molecular flexibility index (Phi) is 1.88. The molecule has 2 heteroatoms. The first-order valence-electron chi connectivity index (χ1n) is 5.46. The maximum atomic E-state index is 4.44. The fourth-order valence-corrected chi connectivity index (χ4v) is 2.50. The van der Waals surface area contributed by atoms with Crippen molar-refractivity contribution in [1.82, 2.24) is 9.97 Å². The van der Waals surface area contributed by atoms with E-state index >= 15 is 0 Å². The number of imidazole rings is 1. The number of hydrogen-bond acceptors (Lipinski definition) is 1. The molecule has 0 saturated carbocycles. The third-order valence-electron chi connectivity index (χ3n) is 3.33. The van der Waals surface area contributed by atoms with E-state index in [0.29, 0.717) is 5.92 Å². The van der Waals surface area contributed by atoms with Gasteiger partial charge in [0.25, 0.3) is 0 Å². The van der Waals surface area contributed by atoms with Crippen LogP contribution in [-0.2, 0) is 12.8 Å². The van der Waals surface area contributed by atoms with Gasteiger partial charge in [-0.25, -0.2) is 4.98 Å². The van der Waals surface area contributed by atoms with Gasteiger partial charge in [0, 0.05) is 11.6 Å². The molecule has 15 heavy (non-hydrogen) atoms. The van der Waals surface area contributed by atoms with Crippen molar-refractivity contribution < 1.29 is 0 Å². The molecule has 0 bridgehead atoms. The quantitative estimate of drug-likeness (QED) is 0.692.